The molecule has 1 aliphatic heterocycles. The number of aromatic nitrogens is 3. The van der Waals surface area contributed by atoms with Gasteiger partial charge >= 0.3 is 0 Å². The second-order valence-electron chi connectivity index (χ2n) is 6.86. The van der Waals surface area contributed by atoms with E-state index in [4.69, 9.17) is 9.62 Å². The van der Waals surface area contributed by atoms with Gasteiger partial charge in [0.25, 0.3) is 5.91 Å². The minimum Gasteiger partial charge on any atom is -0.351 e. The van der Waals surface area contributed by atoms with Crippen LogP contribution in [0.1, 0.15) is 27.7 Å². The zero-order chi connectivity index (χ0) is 17.0. The lowest BCUT2D eigenvalue weighted by Gasteiger charge is -2.15. The topological polar surface area (TPSA) is 64.2 Å². The van der Waals surface area contributed by atoms with Crippen molar-refractivity contribution in [2.24, 2.45) is 13.0 Å². The summed E-state index contributed by atoms with van der Waals surface area (Å²) in [6, 6.07) is 11.9. The Bertz CT molecular complexity index is 930. The van der Waals surface area contributed by atoms with E-state index in [9.17, 15) is 4.79 Å². The summed E-state index contributed by atoms with van der Waals surface area (Å²) in [5.74, 6) is 1.03. The summed E-state index contributed by atoms with van der Waals surface area (Å²) in [5, 5.41) is 8.41. The summed E-state index contributed by atoms with van der Waals surface area (Å²) in [6.07, 6.45) is 2.48. The first-order chi connectivity index (χ1) is 12.2. The molecule has 0 N–H and O–H groups in total. The molecular weight excluding hydrogens is 316 g/mol. The molecule has 1 saturated heterocycles. The average Bonchev–Trinajstić information content (AvgIpc) is 3.38. The second-order valence-corrected chi connectivity index (χ2v) is 6.86. The first kappa shape index (κ1) is 14.5. The Morgan fingerprint density at radius 2 is 2.04 bits per heavy atom. The predicted molar refractivity (Wildman–Crippen MR) is 91.0 cm³/mol. The number of hydrogen-bond acceptors (Lipinski definition) is 4. The number of carbonyl (C=O) groups excluding carboxylic acids is 1. The molecule has 0 spiro atoms. The van der Waals surface area contributed by atoms with Crippen LogP contribution in [0.4, 0.5) is 0 Å². The normalized spacial score (nSPS) is 21.4. The maximum Gasteiger partial charge on any atom is 0.292 e. The van der Waals surface area contributed by atoms with Crippen LogP contribution in [-0.4, -0.2) is 38.8 Å². The van der Waals surface area contributed by atoms with Gasteiger partial charge in [0.1, 0.15) is 0 Å². The van der Waals surface area contributed by atoms with Gasteiger partial charge in [-0.25, -0.2) is 0 Å². The van der Waals surface area contributed by atoms with E-state index in [1.807, 2.05) is 34.8 Å². The van der Waals surface area contributed by atoms with Crippen LogP contribution in [-0.2, 0) is 13.5 Å². The molecule has 2 aromatic heterocycles. The van der Waals surface area contributed by atoms with Gasteiger partial charge in [-0.3, -0.25) is 9.48 Å². The second kappa shape index (κ2) is 5.31. The minimum atomic E-state index is -0.0707. The molecule has 0 unspecified atom stereocenters. The van der Waals surface area contributed by atoms with Crippen molar-refractivity contribution in [2.75, 3.05) is 13.1 Å². The Morgan fingerprint density at radius 3 is 2.80 bits per heavy atom. The van der Waals surface area contributed by atoms with Crippen molar-refractivity contribution in [2.45, 2.75) is 12.3 Å². The first-order valence-corrected chi connectivity index (χ1v) is 8.53. The molecular formula is C19H18N4O2. The van der Waals surface area contributed by atoms with E-state index < -0.39 is 0 Å². The Kier molecular flexibility index (Phi) is 3.07. The number of hydrogen-bond donors (Lipinski definition) is 0. The van der Waals surface area contributed by atoms with Crippen molar-refractivity contribution >= 4 is 5.91 Å². The molecule has 6 heteroatoms. The first-order valence-electron chi connectivity index (χ1n) is 8.53. The van der Waals surface area contributed by atoms with Crippen LogP contribution >= 0.6 is 0 Å². The van der Waals surface area contributed by atoms with Crippen molar-refractivity contribution in [1.82, 2.24) is 19.8 Å². The van der Waals surface area contributed by atoms with Crippen LogP contribution in [0.5, 0.6) is 0 Å². The molecule has 1 amide bonds. The number of carbonyl (C=O) groups is 1. The van der Waals surface area contributed by atoms with Crippen molar-refractivity contribution in [3.05, 3.63) is 59.6 Å². The van der Waals surface area contributed by atoms with Crippen molar-refractivity contribution in [1.29, 1.82) is 0 Å². The Morgan fingerprint density at radius 1 is 1.20 bits per heavy atom. The summed E-state index contributed by atoms with van der Waals surface area (Å²) in [7, 11) is 2.02. The van der Waals surface area contributed by atoms with E-state index in [1.165, 1.54) is 17.5 Å². The molecule has 2 atom stereocenters. The third-order valence-corrected chi connectivity index (χ3v) is 5.46. The van der Waals surface area contributed by atoms with Crippen molar-refractivity contribution < 1.29 is 9.32 Å². The molecule has 126 valence electrons. The molecule has 3 aromatic rings. The van der Waals surface area contributed by atoms with Crippen molar-refractivity contribution in [3.63, 3.8) is 0 Å². The van der Waals surface area contributed by atoms with Gasteiger partial charge in [0.15, 0.2) is 0 Å². The summed E-state index contributed by atoms with van der Waals surface area (Å²) < 4.78 is 7.05. The smallest absolute Gasteiger partial charge is 0.292 e. The maximum absolute atomic E-state index is 12.6. The van der Waals surface area contributed by atoms with Gasteiger partial charge in [0, 0.05) is 48.9 Å². The molecule has 25 heavy (non-hydrogen) atoms. The lowest BCUT2D eigenvalue weighted by atomic mass is 9.94. The largest absolute Gasteiger partial charge is 0.351 e. The van der Waals surface area contributed by atoms with Gasteiger partial charge in [0.05, 0.1) is 11.9 Å². The fourth-order valence-electron chi connectivity index (χ4n) is 4.32. The van der Waals surface area contributed by atoms with Gasteiger partial charge in [0.2, 0.25) is 5.76 Å². The van der Waals surface area contributed by atoms with Crippen LogP contribution in [0.3, 0.4) is 0 Å². The molecule has 5 rings (SSSR count). The summed E-state index contributed by atoms with van der Waals surface area (Å²) in [4.78, 5) is 14.5. The molecule has 1 fully saturated rings. The van der Waals surface area contributed by atoms with Gasteiger partial charge < -0.3 is 9.42 Å². The maximum atomic E-state index is 12.6. The molecule has 1 aromatic carbocycles. The van der Waals surface area contributed by atoms with Gasteiger partial charge in [-0.15, -0.1) is 0 Å². The molecule has 0 saturated carbocycles. The third kappa shape index (κ3) is 2.13. The van der Waals surface area contributed by atoms with Crippen LogP contribution in [0, 0.1) is 5.92 Å². The van der Waals surface area contributed by atoms with E-state index in [0.717, 1.165) is 24.2 Å². The lowest BCUT2D eigenvalue weighted by molar-refractivity contribution is 0.0743. The van der Waals surface area contributed by atoms with Gasteiger partial charge in [-0.05, 0) is 12.3 Å². The highest BCUT2D eigenvalue weighted by molar-refractivity contribution is 5.91. The minimum absolute atomic E-state index is 0.0707. The number of amides is 1. The van der Waals surface area contributed by atoms with Crippen LogP contribution in [0.2, 0.25) is 0 Å². The highest BCUT2D eigenvalue weighted by Gasteiger charge is 2.45. The molecule has 6 nitrogen and oxygen atoms in total. The van der Waals surface area contributed by atoms with Crippen LogP contribution in [0.15, 0.2) is 47.1 Å². The average molecular weight is 334 g/mol. The number of benzene rings is 1. The predicted octanol–water partition coefficient (Wildman–Crippen LogP) is 2.49. The fourth-order valence-corrected chi connectivity index (χ4v) is 4.32. The van der Waals surface area contributed by atoms with E-state index in [2.05, 4.69) is 17.3 Å². The van der Waals surface area contributed by atoms with E-state index in [0.29, 0.717) is 24.1 Å². The highest BCUT2D eigenvalue weighted by Crippen LogP contribution is 2.47. The van der Waals surface area contributed by atoms with E-state index in [1.54, 1.807) is 6.07 Å². The number of rotatable bonds is 2. The summed E-state index contributed by atoms with van der Waals surface area (Å²) in [6.45, 7) is 1.47. The zero-order valence-corrected chi connectivity index (χ0v) is 13.9. The SMILES string of the molecule is Cn1nc(-c2ccccc2)c2c1C[C@@H]1CN(C(=O)c3ccno3)C[C@H]21. The number of likely N-dealkylation sites (tertiary alicyclic amines) is 1. The molecule has 0 bridgehead atoms. The van der Waals surface area contributed by atoms with Crippen LogP contribution in [0.25, 0.3) is 11.3 Å². The molecule has 3 heterocycles. The van der Waals surface area contributed by atoms with Crippen molar-refractivity contribution in [3.8, 4) is 11.3 Å². The zero-order valence-electron chi connectivity index (χ0n) is 13.9. The Labute approximate surface area is 145 Å². The van der Waals surface area contributed by atoms with Gasteiger partial charge in [-0.2, -0.15) is 5.10 Å². The number of aryl methyl sites for hydroxylation is 1. The van der Waals surface area contributed by atoms with E-state index >= 15 is 0 Å². The molecule has 1 aliphatic carbocycles. The van der Waals surface area contributed by atoms with Crippen LogP contribution < -0.4 is 0 Å². The van der Waals surface area contributed by atoms with Gasteiger partial charge in [-0.1, -0.05) is 35.5 Å². The fraction of sp³-hybridized carbons (Fsp3) is 0.316. The quantitative estimate of drug-likeness (QED) is 0.722. The van der Waals surface area contributed by atoms with E-state index in [-0.39, 0.29) is 5.91 Å². The summed E-state index contributed by atoms with van der Waals surface area (Å²) in [5.41, 5.74) is 4.81. The highest BCUT2D eigenvalue weighted by atomic mass is 16.5. The standard InChI is InChI=1S/C19H18N4O2/c1-22-15-9-13-10-23(19(24)16-7-8-20-25-16)11-14(13)17(15)18(21-22)12-5-3-2-4-6-12/h2-8,13-14H,9-11H2,1H3/t13-,14+/m1/s1. The molecule has 2 aliphatic rings. The number of fused-ring (bicyclic) bond motifs is 3. The number of nitrogens with zero attached hydrogens (tertiary/aromatic N) is 4. The third-order valence-electron chi connectivity index (χ3n) is 5.46. The Balaban J connectivity index is 1.49. The molecule has 0 radical (unpaired) electrons. The monoisotopic (exact) mass is 334 g/mol. The summed E-state index contributed by atoms with van der Waals surface area (Å²) >= 11 is 0. The Hall–Kier alpha value is -2.89. The lowest BCUT2D eigenvalue weighted by Crippen LogP contribution is -2.29.